The molecule has 33 heavy (non-hydrogen) atoms. The van der Waals surface area contributed by atoms with Gasteiger partial charge in [-0.15, -0.1) is 21.5 Å². The van der Waals surface area contributed by atoms with Gasteiger partial charge >= 0.3 is 0 Å². The van der Waals surface area contributed by atoms with Crippen LogP contribution in [0.25, 0.3) is 15.9 Å². The van der Waals surface area contributed by atoms with Gasteiger partial charge in [0, 0.05) is 26.4 Å². The van der Waals surface area contributed by atoms with Gasteiger partial charge in [-0.3, -0.25) is 0 Å². The van der Waals surface area contributed by atoms with Crippen LogP contribution in [0.3, 0.4) is 0 Å². The fraction of sp³-hybridized carbons (Fsp3) is 0.208. The average molecular weight is 530 g/mol. The van der Waals surface area contributed by atoms with Crippen LogP contribution in [0.1, 0.15) is 28.0 Å². The monoisotopic (exact) mass is 528 g/mol. The van der Waals surface area contributed by atoms with E-state index < -0.39 is 0 Å². The molecule has 1 aliphatic carbocycles. The van der Waals surface area contributed by atoms with Crippen molar-refractivity contribution in [3.05, 3.63) is 80.1 Å². The smallest absolute Gasteiger partial charge is 0.198 e. The van der Waals surface area contributed by atoms with Gasteiger partial charge in [0.05, 0.1) is 5.39 Å². The van der Waals surface area contributed by atoms with Crippen LogP contribution in [0.4, 0.5) is 0 Å². The van der Waals surface area contributed by atoms with E-state index in [2.05, 4.69) is 38.9 Å². The zero-order valence-corrected chi connectivity index (χ0v) is 21.4. The second-order valence-electron chi connectivity index (χ2n) is 7.84. The van der Waals surface area contributed by atoms with Crippen LogP contribution in [0, 0.1) is 0 Å². The van der Waals surface area contributed by atoms with Crippen molar-refractivity contribution in [1.82, 2.24) is 19.6 Å². The van der Waals surface area contributed by atoms with E-state index in [9.17, 15) is 0 Å². The Hall–Kier alpha value is -1.77. The summed E-state index contributed by atoms with van der Waals surface area (Å²) in [4.78, 5) is 7.62. The number of thioether (sulfide) groups is 2. The molecule has 0 spiro atoms. The van der Waals surface area contributed by atoms with Gasteiger partial charge in [0.15, 0.2) is 16.0 Å². The predicted molar refractivity (Wildman–Crippen MR) is 140 cm³/mol. The Morgan fingerprint density at radius 3 is 2.48 bits per heavy atom. The molecule has 0 saturated carbocycles. The van der Waals surface area contributed by atoms with Crippen LogP contribution in [-0.2, 0) is 24.3 Å². The first-order valence-electron chi connectivity index (χ1n) is 10.6. The number of rotatable bonds is 6. The first-order chi connectivity index (χ1) is 16.2. The van der Waals surface area contributed by atoms with E-state index >= 15 is 0 Å². The lowest BCUT2D eigenvalue weighted by Gasteiger charge is -2.09. The highest BCUT2D eigenvalue weighted by Gasteiger charge is 2.25. The van der Waals surface area contributed by atoms with E-state index in [0.717, 1.165) is 44.9 Å². The van der Waals surface area contributed by atoms with Crippen LogP contribution in [0.5, 0.6) is 0 Å². The summed E-state index contributed by atoms with van der Waals surface area (Å²) in [5.74, 6) is 1.44. The van der Waals surface area contributed by atoms with Gasteiger partial charge in [-0.1, -0.05) is 83.1 Å². The minimum absolute atomic E-state index is 0.613. The molecule has 0 N–H and O–H groups in total. The first-order valence-corrected chi connectivity index (χ1v) is 14.1. The van der Waals surface area contributed by atoms with Crippen molar-refractivity contribution in [2.75, 3.05) is 0 Å². The predicted octanol–water partition coefficient (Wildman–Crippen LogP) is 7.72. The van der Waals surface area contributed by atoms with Crippen molar-refractivity contribution >= 4 is 73.9 Å². The molecule has 0 radical (unpaired) electrons. The number of thiophene rings is 1. The summed E-state index contributed by atoms with van der Waals surface area (Å²) in [5.41, 5.74) is 4.48. The maximum Gasteiger partial charge on any atom is 0.198 e. The lowest BCUT2D eigenvalue weighted by atomic mass is 10.2. The van der Waals surface area contributed by atoms with Gasteiger partial charge in [-0.25, -0.2) is 9.38 Å². The second-order valence-corrected chi connectivity index (χ2v) is 11.6. The van der Waals surface area contributed by atoms with Gasteiger partial charge < -0.3 is 0 Å². The van der Waals surface area contributed by atoms with Gasteiger partial charge in [-0.05, 0) is 48.1 Å². The number of halogens is 2. The molecule has 3 heterocycles. The third kappa shape index (κ3) is 4.04. The standard InChI is InChI=1S/C24H18Cl2N4S3/c25-17-9-5-10-18(26)16(17)13-32-24-29-28-21-20-15-8-4-11-19(15)33-22(20)27-23(30(21)24)31-12-14-6-2-1-3-7-14/h1-3,5-7,9-10H,4,8,11-13H2. The van der Waals surface area contributed by atoms with Crippen molar-refractivity contribution in [3.63, 3.8) is 0 Å². The number of hydrogen-bond donors (Lipinski definition) is 0. The molecular weight excluding hydrogens is 511 g/mol. The zero-order chi connectivity index (χ0) is 22.4. The number of hydrogen-bond acceptors (Lipinski definition) is 6. The van der Waals surface area contributed by atoms with E-state index in [1.165, 1.54) is 27.8 Å². The topological polar surface area (TPSA) is 43.1 Å². The largest absolute Gasteiger partial charge is 0.247 e. The lowest BCUT2D eigenvalue weighted by Crippen LogP contribution is -1.98. The molecule has 0 fully saturated rings. The van der Waals surface area contributed by atoms with E-state index in [0.29, 0.717) is 15.8 Å². The number of aromatic nitrogens is 4. The first kappa shape index (κ1) is 21.7. The molecule has 2 aromatic carbocycles. The number of aryl methyl sites for hydroxylation is 2. The zero-order valence-electron chi connectivity index (χ0n) is 17.4. The van der Waals surface area contributed by atoms with Gasteiger partial charge in [0.1, 0.15) is 4.83 Å². The Kier molecular flexibility index (Phi) is 6.01. The summed E-state index contributed by atoms with van der Waals surface area (Å²) >= 11 is 17.9. The van der Waals surface area contributed by atoms with E-state index in [-0.39, 0.29) is 0 Å². The molecule has 0 saturated heterocycles. The van der Waals surface area contributed by atoms with Crippen molar-refractivity contribution in [1.29, 1.82) is 0 Å². The molecule has 0 bridgehead atoms. The highest BCUT2D eigenvalue weighted by Crippen LogP contribution is 2.41. The summed E-state index contributed by atoms with van der Waals surface area (Å²) in [6.45, 7) is 0. The second kappa shape index (κ2) is 9.12. The van der Waals surface area contributed by atoms with E-state index in [1.807, 2.05) is 35.6 Å². The Bertz CT molecular complexity index is 1460. The molecule has 166 valence electrons. The number of nitrogens with zero attached hydrogens (tertiary/aromatic N) is 4. The summed E-state index contributed by atoms with van der Waals surface area (Å²) in [6.07, 6.45) is 3.43. The lowest BCUT2D eigenvalue weighted by molar-refractivity contribution is 0.816. The van der Waals surface area contributed by atoms with E-state index in [4.69, 9.17) is 28.2 Å². The van der Waals surface area contributed by atoms with Crippen LogP contribution >= 0.6 is 58.1 Å². The molecule has 3 aromatic heterocycles. The van der Waals surface area contributed by atoms with Crippen LogP contribution in [-0.4, -0.2) is 19.6 Å². The molecule has 0 aliphatic heterocycles. The summed E-state index contributed by atoms with van der Waals surface area (Å²) in [5, 5.41) is 13.5. The maximum absolute atomic E-state index is 6.41. The number of fused-ring (bicyclic) bond motifs is 5. The minimum atomic E-state index is 0.613. The van der Waals surface area contributed by atoms with Gasteiger partial charge in [0.25, 0.3) is 0 Å². The van der Waals surface area contributed by atoms with Crippen LogP contribution in [0.2, 0.25) is 10.0 Å². The van der Waals surface area contributed by atoms with Crippen LogP contribution < -0.4 is 0 Å². The molecule has 1 aliphatic rings. The molecular formula is C24H18Cl2N4S3. The SMILES string of the molecule is Clc1cccc(Cl)c1CSc1nnc2c3c4c(sc3nc(SCc3ccccc3)n12)CCC4. The van der Waals surface area contributed by atoms with Gasteiger partial charge in [-0.2, -0.15) is 0 Å². The van der Waals surface area contributed by atoms with Crippen molar-refractivity contribution < 1.29 is 0 Å². The molecule has 9 heteroatoms. The quantitative estimate of drug-likeness (QED) is 0.166. The average Bonchev–Trinajstić information content (AvgIpc) is 3.52. The fourth-order valence-corrected chi connectivity index (χ4v) is 8.15. The Morgan fingerprint density at radius 2 is 1.67 bits per heavy atom. The van der Waals surface area contributed by atoms with Gasteiger partial charge in [0.2, 0.25) is 0 Å². The van der Waals surface area contributed by atoms with Crippen molar-refractivity contribution in [3.8, 4) is 0 Å². The van der Waals surface area contributed by atoms with Crippen LogP contribution in [0.15, 0.2) is 58.8 Å². The summed E-state index contributed by atoms with van der Waals surface area (Å²) < 4.78 is 2.12. The molecule has 4 nitrogen and oxygen atoms in total. The fourth-order valence-electron chi connectivity index (χ4n) is 4.16. The molecule has 5 aromatic rings. The highest BCUT2D eigenvalue weighted by molar-refractivity contribution is 7.99. The Balaban J connectivity index is 1.43. The third-order valence-corrected chi connectivity index (χ3v) is 9.63. The summed E-state index contributed by atoms with van der Waals surface area (Å²) in [6, 6.07) is 16.1. The van der Waals surface area contributed by atoms with Crippen molar-refractivity contribution in [2.45, 2.75) is 41.1 Å². The highest BCUT2D eigenvalue weighted by atomic mass is 35.5. The normalized spacial score (nSPS) is 13.3. The Labute approximate surface area is 213 Å². The molecule has 0 unspecified atom stereocenters. The van der Waals surface area contributed by atoms with E-state index in [1.54, 1.807) is 23.5 Å². The minimum Gasteiger partial charge on any atom is -0.247 e. The number of benzene rings is 2. The molecule has 0 atom stereocenters. The molecule has 0 amide bonds. The Morgan fingerprint density at radius 1 is 0.879 bits per heavy atom. The summed E-state index contributed by atoms with van der Waals surface area (Å²) in [7, 11) is 0. The van der Waals surface area contributed by atoms with Crippen molar-refractivity contribution in [2.24, 2.45) is 0 Å². The third-order valence-electron chi connectivity index (χ3n) is 5.77. The maximum atomic E-state index is 6.41. The molecule has 6 rings (SSSR count).